The predicted molar refractivity (Wildman–Crippen MR) is 71.7 cm³/mol. The summed E-state index contributed by atoms with van der Waals surface area (Å²) in [6.45, 7) is 4.15. The largest absolute Gasteiger partial charge is 0.349 e. The van der Waals surface area contributed by atoms with Crippen molar-refractivity contribution in [1.29, 1.82) is 0 Å². The van der Waals surface area contributed by atoms with Gasteiger partial charge in [-0.3, -0.25) is 4.79 Å². The highest BCUT2D eigenvalue weighted by Gasteiger charge is 2.22. The number of rotatable bonds is 7. The number of imidazole rings is 1. The van der Waals surface area contributed by atoms with Crippen molar-refractivity contribution in [3.8, 4) is 0 Å². The molecule has 1 unspecified atom stereocenters. The van der Waals surface area contributed by atoms with Crippen LogP contribution < -0.4 is 10.0 Å². The van der Waals surface area contributed by atoms with E-state index in [2.05, 4.69) is 20.0 Å². The van der Waals surface area contributed by atoms with Crippen LogP contribution in [0, 0.1) is 5.92 Å². The van der Waals surface area contributed by atoms with E-state index in [1.807, 2.05) is 13.8 Å². The van der Waals surface area contributed by atoms with Crippen molar-refractivity contribution < 1.29 is 13.2 Å². The van der Waals surface area contributed by atoms with Crippen molar-refractivity contribution >= 4 is 15.9 Å². The molecule has 8 heteroatoms. The van der Waals surface area contributed by atoms with E-state index in [1.165, 1.54) is 6.33 Å². The Hall–Kier alpha value is -1.41. The topological polar surface area (TPSA) is 104 Å². The molecular weight excluding hydrogens is 268 g/mol. The summed E-state index contributed by atoms with van der Waals surface area (Å²) in [6.07, 6.45) is 4.61. The second kappa shape index (κ2) is 6.67. The molecule has 0 bridgehead atoms. The van der Waals surface area contributed by atoms with Gasteiger partial charge in [0.1, 0.15) is 6.04 Å². The summed E-state index contributed by atoms with van der Waals surface area (Å²) in [5.41, 5.74) is 0.760. The van der Waals surface area contributed by atoms with E-state index < -0.39 is 16.1 Å². The van der Waals surface area contributed by atoms with Crippen LogP contribution in [0.2, 0.25) is 0 Å². The molecule has 0 spiro atoms. The van der Waals surface area contributed by atoms with Crippen LogP contribution in [0.5, 0.6) is 0 Å². The SMILES string of the molecule is CC(C)CC(NS(C)(=O)=O)C(=O)NCc1cnc[nH]1. The maximum absolute atomic E-state index is 12.0. The molecule has 1 rings (SSSR count). The third kappa shape index (κ3) is 6.35. The third-order valence-electron chi connectivity index (χ3n) is 2.39. The van der Waals surface area contributed by atoms with Crippen LogP contribution in [0.25, 0.3) is 0 Å². The van der Waals surface area contributed by atoms with Crippen LogP contribution in [0.4, 0.5) is 0 Å². The van der Waals surface area contributed by atoms with Crippen molar-refractivity contribution in [3.05, 3.63) is 18.2 Å². The lowest BCUT2D eigenvalue weighted by Gasteiger charge is -2.18. The normalized spacial score (nSPS) is 13.5. The lowest BCUT2D eigenvalue weighted by molar-refractivity contribution is -0.123. The first-order chi connectivity index (χ1) is 8.78. The van der Waals surface area contributed by atoms with E-state index >= 15 is 0 Å². The third-order valence-corrected chi connectivity index (χ3v) is 3.10. The van der Waals surface area contributed by atoms with Gasteiger partial charge in [0.05, 0.1) is 24.8 Å². The lowest BCUT2D eigenvalue weighted by atomic mass is 10.0. The molecule has 0 saturated heterocycles. The zero-order valence-corrected chi connectivity index (χ0v) is 12.1. The fourth-order valence-corrected chi connectivity index (χ4v) is 2.35. The van der Waals surface area contributed by atoms with E-state index in [4.69, 9.17) is 0 Å². The van der Waals surface area contributed by atoms with Crippen LogP contribution in [0.3, 0.4) is 0 Å². The zero-order chi connectivity index (χ0) is 14.5. The van der Waals surface area contributed by atoms with Crippen molar-refractivity contribution in [2.75, 3.05) is 6.26 Å². The van der Waals surface area contributed by atoms with Gasteiger partial charge in [0.15, 0.2) is 0 Å². The summed E-state index contributed by atoms with van der Waals surface area (Å²) in [4.78, 5) is 18.7. The number of carbonyl (C=O) groups is 1. The Morgan fingerprint density at radius 2 is 2.16 bits per heavy atom. The molecule has 108 valence electrons. The van der Waals surface area contributed by atoms with Gasteiger partial charge in [-0.25, -0.2) is 18.1 Å². The highest BCUT2D eigenvalue weighted by molar-refractivity contribution is 7.88. The number of amides is 1. The van der Waals surface area contributed by atoms with E-state index in [0.29, 0.717) is 13.0 Å². The Morgan fingerprint density at radius 1 is 1.47 bits per heavy atom. The number of sulfonamides is 1. The summed E-state index contributed by atoms with van der Waals surface area (Å²) in [6, 6.07) is -0.752. The van der Waals surface area contributed by atoms with Gasteiger partial charge < -0.3 is 10.3 Å². The number of nitrogens with zero attached hydrogens (tertiary/aromatic N) is 1. The number of nitrogens with one attached hydrogen (secondary N) is 3. The molecule has 19 heavy (non-hydrogen) atoms. The molecular formula is C11H20N4O3S. The molecule has 0 aliphatic carbocycles. The van der Waals surface area contributed by atoms with Gasteiger partial charge in [-0.1, -0.05) is 13.8 Å². The van der Waals surface area contributed by atoms with Crippen molar-refractivity contribution in [2.45, 2.75) is 32.9 Å². The maximum Gasteiger partial charge on any atom is 0.238 e. The second-order valence-electron chi connectivity index (χ2n) is 4.87. The molecule has 7 nitrogen and oxygen atoms in total. The van der Waals surface area contributed by atoms with Gasteiger partial charge >= 0.3 is 0 Å². The molecule has 0 aliphatic heterocycles. The minimum atomic E-state index is -3.42. The highest BCUT2D eigenvalue weighted by Crippen LogP contribution is 2.06. The van der Waals surface area contributed by atoms with Gasteiger partial charge in [0.25, 0.3) is 0 Å². The maximum atomic E-state index is 12.0. The Kier molecular flexibility index (Phi) is 5.49. The van der Waals surface area contributed by atoms with E-state index in [0.717, 1.165) is 11.9 Å². The molecule has 1 atom stereocenters. The standard InChI is InChI=1S/C11H20N4O3S/c1-8(2)4-10(15-19(3,17)18)11(16)13-6-9-5-12-7-14-9/h5,7-8,10,15H,4,6H2,1-3H3,(H,12,14)(H,13,16). The summed E-state index contributed by atoms with van der Waals surface area (Å²) < 4.78 is 24.9. The van der Waals surface area contributed by atoms with Crippen molar-refractivity contribution in [1.82, 2.24) is 20.0 Å². The quantitative estimate of drug-likeness (QED) is 0.656. The summed E-state index contributed by atoms with van der Waals surface area (Å²) in [5.74, 6) is -0.133. The van der Waals surface area contributed by atoms with Crippen molar-refractivity contribution in [2.24, 2.45) is 5.92 Å². The molecule has 0 aromatic carbocycles. The Bertz CT molecular complexity index is 496. The van der Waals surface area contributed by atoms with Gasteiger partial charge in [0, 0.05) is 6.20 Å². The summed E-state index contributed by atoms with van der Waals surface area (Å²) >= 11 is 0. The van der Waals surface area contributed by atoms with Crippen LogP contribution in [0.1, 0.15) is 26.0 Å². The number of carbonyl (C=O) groups excluding carboxylic acids is 1. The molecule has 0 aliphatic rings. The number of hydrogen-bond donors (Lipinski definition) is 3. The molecule has 3 N–H and O–H groups in total. The fourth-order valence-electron chi connectivity index (χ4n) is 1.63. The average Bonchev–Trinajstić information content (AvgIpc) is 2.75. The van der Waals surface area contributed by atoms with Gasteiger partial charge in [-0.15, -0.1) is 0 Å². The number of H-pyrrole nitrogens is 1. The van der Waals surface area contributed by atoms with Crippen LogP contribution >= 0.6 is 0 Å². The number of aromatic amines is 1. The van der Waals surface area contributed by atoms with Gasteiger partial charge in [0.2, 0.25) is 15.9 Å². The summed E-state index contributed by atoms with van der Waals surface area (Å²) in [5, 5.41) is 2.68. The summed E-state index contributed by atoms with van der Waals surface area (Å²) in [7, 11) is -3.42. The molecule has 1 heterocycles. The van der Waals surface area contributed by atoms with Crippen molar-refractivity contribution in [3.63, 3.8) is 0 Å². The second-order valence-corrected chi connectivity index (χ2v) is 6.65. The Morgan fingerprint density at radius 3 is 2.63 bits per heavy atom. The molecule has 0 fully saturated rings. The Balaban J connectivity index is 2.60. The van der Waals surface area contributed by atoms with Gasteiger partial charge in [-0.05, 0) is 12.3 Å². The molecule has 1 amide bonds. The van der Waals surface area contributed by atoms with E-state index in [9.17, 15) is 13.2 Å². The average molecular weight is 288 g/mol. The lowest BCUT2D eigenvalue weighted by Crippen LogP contribution is -2.46. The number of aromatic nitrogens is 2. The van der Waals surface area contributed by atoms with E-state index in [-0.39, 0.29) is 11.8 Å². The molecule has 1 aromatic rings. The van der Waals surface area contributed by atoms with Gasteiger partial charge in [-0.2, -0.15) is 0 Å². The number of hydrogen-bond acceptors (Lipinski definition) is 4. The van der Waals surface area contributed by atoms with E-state index in [1.54, 1.807) is 6.20 Å². The fraction of sp³-hybridized carbons (Fsp3) is 0.636. The highest BCUT2D eigenvalue weighted by atomic mass is 32.2. The first-order valence-electron chi connectivity index (χ1n) is 6.00. The first-order valence-corrected chi connectivity index (χ1v) is 7.89. The zero-order valence-electron chi connectivity index (χ0n) is 11.3. The first kappa shape index (κ1) is 15.6. The van der Waals surface area contributed by atoms with Crippen LogP contribution in [0.15, 0.2) is 12.5 Å². The minimum absolute atomic E-state index is 0.206. The predicted octanol–water partition coefficient (Wildman–Crippen LogP) is -0.0102. The van der Waals surface area contributed by atoms with Crippen LogP contribution in [-0.4, -0.2) is 36.6 Å². The minimum Gasteiger partial charge on any atom is -0.349 e. The monoisotopic (exact) mass is 288 g/mol. The Labute approximate surface area is 113 Å². The molecule has 0 saturated carbocycles. The molecule has 0 radical (unpaired) electrons. The van der Waals surface area contributed by atoms with Crippen LogP contribution in [-0.2, 0) is 21.4 Å². The smallest absolute Gasteiger partial charge is 0.238 e. The molecule has 1 aromatic heterocycles.